The van der Waals surface area contributed by atoms with Crippen LogP contribution in [0.3, 0.4) is 0 Å². The molecular formula is C14H24N4O. The number of aromatic nitrogens is 2. The first-order chi connectivity index (χ1) is 9.13. The number of rotatable bonds is 3. The van der Waals surface area contributed by atoms with Gasteiger partial charge in [0.05, 0.1) is 5.69 Å². The van der Waals surface area contributed by atoms with Crippen LogP contribution in [0, 0.1) is 6.92 Å². The smallest absolute Gasteiger partial charge is 0.272 e. The van der Waals surface area contributed by atoms with Crippen molar-refractivity contribution >= 4 is 5.91 Å². The van der Waals surface area contributed by atoms with E-state index in [1.807, 2.05) is 31.9 Å². The summed E-state index contributed by atoms with van der Waals surface area (Å²) >= 11 is 0. The highest BCUT2D eigenvalue weighted by Gasteiger charge is 2.24. The van der Waals surface area contributed by atoms with E-state index >= 15 is 0 Å². The fourth-order valence-corrected chi connectivity index (χ4v) is 2.69. The molecule has 0 saturated carbocycles. The minimum Gasteiger partial charge on any atom is -0.337 e. The maximum Gasteiger partial charge on any atom is 0.272 e. The molecule has 5 heteroatoms. The molecule has 0 bridgehead atoms. The molecule has 0 aromatic carbocycles. The maximum atomic E-state index is 12.6. The lowest BCUT2D eigenvalue weighted by Crippen LogP contribution is -2.38. The average Bonchev–Trinajstić information content (AvgIpc) is 2.63. The Bertz CT molecular complexity index is 433. The van der Waals surface area contributed by atoms with E-state index in [9.17, 15) is 4.79 Å². The van der Waals surface area contributed by atoms with Crippen LogP contribution in [0.4, 0.5) is 0 Å². The van der Waals surface area contributed by atoms with E-state index in [4.69, 9.17) is 0 Å². The van der Waals surface area contributed by atoms with Gasteiger partial charge in [0.1, 0.15) is 5.69 Å². The first-order valence-corrected chi connectivity index (χ1v) is 7.15. The van der Waals surface area contributed by atoms with E-state index in [2.05, 4.69) is 10.4 Å². The second-order valence-corrected chi connectivity index (χ2v) is 5.24. The average molecular weight is 264 g/mol. The molecule has 2 rings (SSSR count). The van der Waals surface area contributed by atoms with E-state index < -0.39 is 0 Å². The quantitative estimate of drug-likeness (QED) is 0.898. The normalized spacial score (nSPS) is 20.1. The molecule has 1 aromatic rings. The number of aryl methyl sites for hydroxylation is 2. The predicted molar refractivity (Wildman–Crippen MR) is 75.2 cm³/mol. The molecule has 1 atom stereocenters. The highest BCUT2D eigenvalue weighted by molar-refractivity contribution is 5.92. The number of carbonyl (C=O) groups is 1. The van der Waals surface area contributed by atoms with Gasteiger partial charge in [-0.2, -0.15) is 5.10 Å². The second-order valence-electron chi connectivity index (χ2n) is 5.24. The van der Waals surface area contributed by atoms with E-state index in [0.717, 1.165) is 44.6 Å². The molecule has 1 N–H and O–H groups in total. The zero-order valence-corrected chi connectivity index (χ0v) is 12.1. The SMILES string of the molecule is CCn1nc(C)cc1C(=O)N(C)C1CCCNCC1. The standard InChI is InChI=1S/C14H24N4O/c1-4-18-13(10-11(2)16-18)14(19)17(3)12-6-5-8-15-9-7-12/h10,12,15H,4-9H2,1-3H3. The van der Waals surface area contributed by atoms with Gasteiger partial charge in [0.25, 0.3) is 5.91 Å². The van der Waals surface area contributed by atoms with Gasteiger partial charge in [0.2, 0.25) is 0 Å². The van der Waals surface area contributed by atoms with Crippen LogP contribution in [-0.4, -0.2) is 46.8 Å². The van der Waals surface area contributed by atoms with Crippen molar-refractivity contribution < 1.29 is 4.79 Å². The lowest BCUT2D eigenvalue weighted by Gasteiger charge is -2.27. The van der Waals surface area contributed by atoms with Crippen molar-refractivity contribution in [2.24, 2.45) is 0 Å². The van der Waals surface area contributed by atoms with Crippen LogP contribution in [0.15, 0.2) is 6.07 Å². The molecule has 0 spiro atoms. The van der Waals surface area contributed by atoms with E-state index in [0.29, 0.717) is 11.7 Å². The summed E-state index contributed by atoms with van der Waals surface area (Å²) in [6, 6.07) is 2.22. The van der Waals surface area contributed by atoms with E-state index in [-0.39, 0.29) is 5.91 Å². The van der Waals surface area contributed by atoms with Gasteiger partial charge in [-0.25, -0.2) is 0 Å². The highest BCUT2D eigenvalue weighted by Crippen LogP contribution is 2.15. The number of nitrogens with one attached hydrogen (secondary N) is 1. The minimum atomic E-state index is 0.0920. The maximum absolute atomic E-state index is 12.6. The molecule has 1 fully saturated rings. The van der Waals surface area contributed by atoms with Crippen molar-refractivity contribution in [1.29, 1.82) is 0 Å². The Labute approximate surface area is 115 Å². The monoisotopic (exact) mass is 264 g/mol. The van der Waals surface area contributed by atoms with Crippen LogP contribution in [0.2, 0.25) is 0 Å². The van der Waals surface area contributed by atoms with Crippen molar-refractivity contribution in [3.63, 3.8) is 0 Å². The molecule has 1 aromatic heterocycles. The highest BCUT2D eigenvalue weighted by atomic mass is 16.2. The Hall–Kier alpha value is -1.36. The van der Waals surface area contributed by atoms with Gasteiger partial charge >= 0.3 is 0 Å². The molecule has 19 heavy (non-hydrogen) atoms. The Morgan fingerprint density at radius 3 is 3.05 bits per heavy atom. The molecule has 1 amide bonds. The summed E-state index contributed by atoms with van der Waals surface area (Å²) in [7, 11) is 1.92. The van der Waals surface area contributed by atoms with Crippen LogP contribution in [0.5, 0.6) is 0 Å². The van der Waals surface area contributed by atoms with Gasteiger partial charge in [-0.1, -0.05) is 0 Å². The molecule has 106 valence electrons. The van der Waals surface area contributed by atoms with Crippen molar-refractivity contribution in [1.82, 2.24) is 20.0 Å². The topological polar surface area (TPSA) is 50.2 Å². The fraction of sp³-hybridized carbons (Fsp3) is 0.714. The molecule has 5 nitrogen and oxygen atoms in total. The number of carbonyl (C=O) groups excluding carboxylic acids is 1. The number of hydrogen-bond donors (Lipinski definition) is 1. The Morgan fingerprint density at radius 2 is 2.32 bits per heavy atom. The first kappa shape index (κ1) is 14.1. The first-order valence-electron chi connectivity index (χ1n) is 7.15. The third-order valence-corrected chi connectivity index (χ3v) is 3.83. The van der Waals surface area contributed by atoms with Crippen LogP contribution in [0.25, 0.3) is 0 Å². The molecule has 2 heterocycles. The molecule has 1 saturated heterocycles. The number of hydrogen-bond acceptors (Lipinski definition) is 3. The van der Waals surface area contributed by atoms with Crippen molar-refractivity contribution in [2.45, 2.75) is 45.7 Å². The Kier molecular flexibility index (Phi) is 4.58. The summed E-state index contributed by atoms with van der Waals surface area (Å²) < 4.78 is 1.79. The fourth-order valence-electron chi connectivity index (χ4n) is 2.69. The van der Waals surface area contributed by atoms with Crippen molar-refractivity contribution in [3.8, 4) is 0 Å². The molecular weight excluding hydrogens is 240 g/mol. The predicted octanol–water partition coefficient (Wildman–Crippen LogP) is 1.43. The molecule has 0 radical (unpaired) electrons. The lowest BCUT2D eigenvalue weighted by molar-refractivity contribution is 0.0708. The van der Waals surface area contributed by atoms with Crippen LogP contribution in [0.1, 0.15) is 42.4 Å². The van der Waals surface area contributed by atoms with Gasteiger partial charge in [0.15, 0.2) is 0 Å². The molecule has 1 unspecified atom stereocenters. The van der Waals surface area contributed by atoms with Crippen molar-refractivity contribution in [3.05, 3.63) is 17.5 Å². The summed E-state index contributed by atoms with van der Waals surface area (Å²) in [6.45, 7) is 6.73. The zero-order chi connectivity index (χ0) is 13.8. The Morgan fingerprint density at radius 1 is 1.53 bits per heavy atom. The van der Waals surface area contributed by atoms with Gasteiger partial charge in [-0.3, -0.25) is 9.48 Å². The lowest BCUT2D eigenvalue weighted by atomic mass is 10.1. The largest absolute Gasteiger partial charge is 0.337 e. The summed E-state index contributed by atoms with van der Waals surface area (Å²) in [5.74, 6) is 0.0920. The second kappa shape index (κ2) is 6.19. The van der Waals surface area contributed by atoms with Crippen LogP contribution >= 0.6 is 0 Å². The van der Waals surface area contributed by atoms with Crippen LogP contribution < -0.4 is 5.32 Å². The third-order valence-electron chi connectivity index (χ3n) is 3.83. The Balaban J connectivity index is 2.13. The number of nitrogens with zero attached hydrogens (tertiary/aromatic N) is 3. The molecule has 1 aliphatic heterocycles. The third kappa shape index (κ3) is 3.15. The molecule has 1 aliphatic rings. The summed E-state index contributed by atoms with van der Waals surface area (Å²) in [4.78, 5) is 14.5. The van der Waals surface area contributed by atoms with Gasteiger partial charge in [0, 0.05) is 19.6 Å². The number of amides is 1. The summed E-state index contributed by atoms with van der Waals surface area (Å²) in [5.41, 5.74) is 1.61. The van der Waals surface area contributed by atoms with E-state index in [1.165, 1.54) is 0 Å². The van der Waals surface area contributed by atoms with E-state index in [1.54, 1.807) is 4.68 Å². The van der Waals surface area contributed by atoms with Gasteiger partial charge in [-0.15, -0.1) is 0 Å². The summed E-state index contributed by atoms with van der Waals surface area (Å²) in [6.07, 6.45) is 3.24. The zero-order valence-electron chi connectivity index (χ0n) is 12.1. The van der Waals surface area contributed by atoms with Crippen molar-refractivity contribution in [2.75, 3.05) is 20.1 Å². The van der Waals surface area contributed by atoms with Gasteiger partial charge < -0.3 is 10.2 Å². The van der Waals surface area contributed by atoms with Crippen LogP contribution in [-0.2, 0) is 6.54 Å². The minimum absolute atomic E-state index is 0.0920. The van der Waals surface area contributed by atoms with Gasteiger partial charge in [-0.05, 0) is 52.3 Å². The molecule has 0 aliphatic carbocycles. The summed E-state index contributed by atoms with van der Waals surface area (Å²) in [5, 5.41) is 7.74.